The molecule has 0 bridgehead atoms. The number of carbonyl (C=O) groups excluding carboxylic acids is 1. The molecule has 106 valence electrons. The molecule has 0 radical (unpaired) electrons. The number of benzene rings is 1. The zero-order valence-electron chi connectivity index (χ0n) is 12.1. The molecule has 1 amide bonds. The van der Waals surface area contributed by atoms with Gasteiger partial charge in [0.05, 0.1) is 7.11 Å². The van der Waals surface area contributed by atoms with Crippen molar-refractivity contribution in [1.82, 2.24) is 4.90 Å². The zero-order valence-corrected chi connectivity index (χ0v) is 12.1. The Balaban J connectivity index is 2.40. The van der Waals surface area contributed by atoms with E-state index in [1.165, 1.54) is 5.56 Å². The van der Waals surface area contributed by atoms with Gasteiger partial charge in [-0.15, -0.1) is 0 Å². The van der Waals surface area contributed by atoms with Crippen molar-refractivity contribution in [3.05, 3.63) is 29.8 Å². The highest BCUT2D eigenvalue weighted by Crippen LogP contribution is 2.13. The summed E-state index contributed by atoms with van der Waals surface area (Å²) in [6, 6.07) is 8.01. The van der Waals surface area contributed by atoms with Gasteiger partial charge in [0.2, 0.25) is 5.91 Å². The number of amides is 1. The van der Waals surface area contributed by atoms with Gasteiger partial charge in [0.25, 0.3) is 0 Å². The van der Waals surface area contributed by atoms with E-state index in [9.17, 15) is 4.79 Å². The standard InChI is InChI=1S/C15H24N2O2/c1-12(16)7-8-15(18)17(2)10-9-13-5-4-6-14(11-13)19-3/h4-6,11-12H,7-10,16H2,1-3H3. The monoisotopic (exact) mass is 264 g/mol. The SMILES string of the molecule is COc1cccc(CCN(C)C(=O)CCC(C)N)c1. The minimum atomic E-state index is 0.0794. The van der Waals surface area contributed by atoms with E-state index >= 15 is 0 Å². The van der Waals surface area contributed by atoms with Crippen LogP contribution < -0.4 is 10.5 Å². The molecule has 0 aliphatic rings. The largest absolute Gasteiger partial charge is 0.497 e. The molecule has 4 nitrogen and oxygen atoms in total. The maximum Gasteiger partial charge on any atom is 0.222 e. The number of rotatable bonds is 7. The average molecular weight is 264 g/mol. The lowest BCUT2D eigenvalue weighted by molar-refractivity contribution is -0.130. The van der Waals surface area contributed by atoms with Crippen molar-refractivity contribution in [3.63, 3.8) is 0 Å². The maximum absolute atomic E-state index is 11.8. The van der Waals surface area contributed by atoms with Crippen LogP contribution in [0.5, 0.6) is 5.75 Å². The summed E-state index contributed by atoms with van der Waals surface area (Å²) in [6.07, 6.45) is 2.09. The molecule has 1 rings (SSSR count). The molecule has 0 saturated heterocycles. The second kappa shape index (κ2) is 7.79. The van der Waals surface area contributed by atoms with Crippen LogP contribution in [-0.4, -0.2) is 37.6 Å². The normalized spacial score (nSPS) is 12.0. The van der Waals surface area contributed by atoms with Gasteiger partial charge in [-0.3, -0.25) is 4.79 Å². The first-order chi connectivity index (χ1) is 9.02. The molecule has 1 aromatic carbocycles. The number of methoxy groups -OCH3 is 1. The molecule has 0 fully saturated rings. The number of likely N-dealkylation sites (N-methyl/N-ethyl adjacent to an activating group) is 1. The van der Waals surface area contributed by atoms with Gasteiger partial charge in [-0.25, -0.2) is 0 Å². The van der Waals surface area contributed by atoms with Gasteiger partial charge < -0.3 is 15.4 Å². The minimum absolute atomic E-state index is 0.0794. The van der Waals surface area contributed by atoms with Crippen LogP contribution >= 0.6 is 0 Å². The van der Waals surface area contributed by atoms with E-state index < -0.39 is 0 Å². The topological polar surface area (TPSA) is 55.6 Å². The van der Waals surface area contributed by atoms with Crippen molar-refractivity contribution in [1.29, 1.82) is 0 Å². The van der Waals surface area contributed by atoms with Crippen LogP contribution in [0, 0.1) is 0 Å². The van der Waals surface area contributed by atoms with Gasteiger partial charge in [-0.1, -0.05) is 12.1 Å². The first kappa shape index (κ1) is 15.5. The van der Waals surface area contributed by atoms with Crippen LogP contribution in [0.1, 0.15) is 25.3 Å². The third-order valence-corrected chi connectivity index (χ3v) is 3.11. The van der Waals surface area contributed by atoms with Gasteiger partial charge >= 0.3 is 0 Å². The number of hydrogen-bond donors (Lipinski definition) is 1. The molecule has 1 atom stereocenters. The molecule has 4 heteroatoms. The lowest BCUT2D eigenvalue weighted by atomic mass is 10.1. The van der Waals surface area contributed by atoms with Crippen LogP contribution in [0.3, 0.4) is 0 Å². The Hall–Kier alpha value is -1.55. The third-order valence-electron chi connectivity index (χ3n) is 3.11. The molecule has 1 unspecified atom stereocenters. The number of ether oxygens (including phenoxy) is 1. The fraction of sp³-hybridized carbons (Fsp3) is 0.533. The molecular formula is C15H24N2O2. The fourth-order valence-corrected chi connectivity index (χ4v) is 1.79. The van der Waals surface area contributed by atoms with Gasteiger partial charge in [-0.05, 0) is 37.5 Å². The fourth-order valence-electron chi connectivity index (χ4n) is 1.79. The average Bonchev–Trinajstić information content (AvgIpc) is 2.42. The predicted octanol–water partition coefficient (Wildman–Crippen LogP) is 1.82. The molecule has 19 heavy (non-hydrogen) atoms. The molecular weight excluding hydrogens is 240 g/mol. The van der Waals surface area contributed by atoms with Crippen LogP contribution in [0.4, 0.5) is 0 Å². The second-order valence-electron chi connectivity index (χ2n) is 4.93. The van der Waals surface area contributed by atoms with E-state index in [4.69, 9.17) is 10.5 Å². The molecule has 0 aliphatic heterocycles. The van der Waals surface area contributed by atoms with Crippen LogP contribution in [0.15, 0.2) is 24.3 Å². The third kappa shape index (κ3) is 5.75. The lowest BCUT2D eigenvalue weighted by Crippen LogP contribution is -2.30. The van der Waals surface area contributed by atoms with E-state index in [1.54, 1.807) is 12.0 Å². The predicted molar refractivity (Wildman–Crippen MR) is 77.2 cm³/mol. The Morgan fingerprint density at radius 3 is 2.84 bits per heavy atom. The lowest BCUT2D eigenvalue weighted by Gasteiger charge is -2.18. The summed E-state index contributed by atoms with van der Waals surface area (Å²) < 4.78 is 5.18. The van der Waals surface area contributed by atoms with E-state index in [-0.39, 0.29) is 11.9 Å². The Morgan fingerprint density at radius 1 is 1.47 bits per heavy atom. The Morgan fingerprint density at radius 2 is 2.21 bits per heavy atom. The summed E-state index contributed by atoms with van der Waals surface area (Å²) in [5.74, 6) is 1.00. The van der Waals surface area contributed by atoms with Crippen molar-refractivity contribution in [2.45, 2.75) is 32.2 Å². The van der Waals surface area contributed by atoms with E-state index in [2.05, 4.69) is 0 Å². The summed E-state index contributed by atoms with van der Waals surface area (Å²) >= 11 is 0. The van der Waals surface area contributed by atoms with Gasteiger partial charge in [-0.2, -0.15) is 0 Å². The Bertz CT molecular complexity index is 405. The minimum Gasteiger partial charge on any atom is -0.497 e. The Labute approximate surface area is 115 Å². The number of nitrogens with zero attached hydrogens (tertiary/aromatic N) is 1. The highest BCUT2D eigenvalue weighted by atomic mass is 16.5. The van der Waals surface area contributed by atoms with Gasteiger partial charge in [0.15, 0.2) is 0 Å². The summed E-state index contributed by atoms with van der Waals surface area (Å²) in [7, 11) is 3.49. The molecule has 0 aliphatic carbocycles. The van der Waals surface area contributed by atoms with Crippen molar-refractivity contribution in [3.8, 4) is 5.75 Å². The first-order valence-corrected chi connectivity index (χ1v) is 6.65. The van der Waals surface area contributed by atoms with Crippen LogP contribution in [0.2, 0.25) is 0 Å². The van der Waals surface area contributed by atoms with E-state index in [0.717, 1.165) is 18.6 Å². The van der Waals surface area contributed by atoms with E-state index in [0.29, 0.717) is 13.0 Å². The summed E-state index contributed by atoms with van der Waals surface area (Å²) in [5, 5.41) is 0. The second-order valence-corrected chi connectivity index (χ2v) is 4.93. The summed E-state index contributed by atoms with van der Waals surface area (Å²) in [6.45, 7) is 2.63. The molecule has 2 N–H and O–H groups in total. The quantitative estimate of drug-likeness (QED) is 0.817. The number of carbonyl (C=O) groups is 1. The smallest absolute Gasteiger partial charge is 0.222 e. The van der Waals surface area contributed by atoms with Gasteiger partial charge in [0, 0.05) is 26.1 Å². The summed E-state index contributed by atoms with van der Waals surface area (Å²) in [4.78, 5) is 13.6. The molecule has 0 heterocycles. The molecule has 0 spiro atoms. The van der Waals surface area contributed by atoms with Crippen molar-refractivity contribution in [2.75, 3.05) is 20.7 Å². The highest BCUT2D eigenvalue weighted by Gasteiger charge is 2.09. The van der Waals surface area contributed by atoms with Gasteiger partial charge in [0.1, 0.15) is 5.75 Å². The molecule has 1 aromatic rings. The van der Waals surface area contributed by atoms with Crippen LogP contribution in [-0.2, 0) is 11.2 Å². The van der Waals surface area contributed by atoms with E-state index in [1.807, 2.05) is 38.2 Å². The number of hydrogen-bond acceptors (Lipinski definition) is 3. The van der Waals surface area contributed by atoms with Crippen molar-refractivity contribution < 1.29 is 9.53 Å². The van der Waals surface area contributed by atoms with Crippen molar-refractivity contribution >= 4 is 5.91 Å². The van der Waals surface area contributed by atoms with Crippen LogP contribution in [0.25, 0.3) is 0 Å². The molecule has 0 aromatic heterocycles. The first-order valence-electron chi connectivity index (χ1n) is 6.65. The summed E-state index contributed by atoms with van der Waals surface area (Å²) in [5.41, 5.74) is 6.83. The van der Waals surface area contributed by atoms with Crippen molar-refractivity contribution in [2.24, 2.45) is 5.73 Å². The highest BCUT2D eigenvalue weighted by molar-refractivity contribution is 5.75. The maximum atomic E-state index is 11.8. The Kier molecular flexibility index (Phi) is 6.36. The number of nitrogens with two attached hydrogens (primary N) is 1. The zero-order chi connectivity index (χ0) is 14.3. The molecule has 0 saturated carbocycles.